The van der Waals surface area contributed by atoms with Crippen LogP contribution in [0.1, 0.15) is 0 Å². The summed E-state index contributed by atoms with van der Waals surface area (Å²) in [5, 5.41) is 0. The molecular weight excluding hydrogens is 380 g/mol. The van der Waals surface area contributed by atoms with E-state index in [9.17, 15) is 4.79 Å². The molecule has 4 heterocycles. The molecule has 0 spiro atoms. The second kappa shape index (κ2) is 7.72. The quantitative estimate of drug-likeness (QED) is 0.494. The van der Waals surface area contributed by atoms with Gasteiger partial charge in [0.2, 0.25) is 5.88 Å². The predicted octanol–water partition coefficient (Wildman–Crippen LogP) is 1.96. The van der Waals surface area contributed by atoms with Crippen LogP contribution in [-0.2, 0) is 0 Å². The molecule has 154 valence electrons. The summed E-state index contributed by atoms with van der Waals surface area (Å²) in [7, 11) is 0. The van der Waals surface area contributed by atoms with Crippen LogP contribution in [-0.4, -0.2) is 58.6 Å². The first kappa shape index (κ1) is 18.5. The highest BCUT2D eigenvalue weighted by Gasteiger charge is 2.18. The Balaban J connectivity index is 1.19. The van der Waals surface area contributed by atoms with Crippen LogP contribution in [0.15, 0.2) is 59.5 Å². The first-order chi connectivity index (χ1) is 14.7. The Labute approximate surface area is 173 Å². The van der Waals surface area contributed by atoms with Crippen molar-refractivity contribution in [2.24, 2.45) is 0 Å². The fourth-order valence-corrected chi connectivity index (χ4v) is 4.00. The molecule has 0 radical (unpaired) electrons. The molecule has 30 heavy (non-hydrogen) atoms. The van der Waals surface area contributed by atoms with Gasteiger partial charge in [-0.3, -0.25) is 14.1 Å². The zero-order chi connectivity index (χ0) is 20.5. The summed E-state index contributed by atoms with van der Waals surface area (Å²) in [4.78, 5) is 24.2. The van der Waals surface area contributed by atoms with E-state index in [4.69, 9.17) is 10.5 Å². The number of fused-ring (bicyclic) bond motifs is 3. The molecule has 5 rings (SSSR count). The van der Waals surface area contributed by atoms with Crippen molar-refractivity contribution >= 4 is 28.1 Å². The molecule has 1 fully saturated rings. The average Bonchev–Trinajstić information content (AvgIpc) is 3.26. The summed E-state index contributed by atoms with van der Waals surface area (Å²) < 4.78 is 7.70. The molecule has 1 aromatic carbocycles. The van der Waals surface area contributed by atoms with Crippen LogP contribution in [0, 0.1) is 0 Å². The van der Waals surface area contributed by atoms with Crippen LogP contribution in [0.3, 0.4) is 0 Å². The van der Waals surface area contributed by atoms with Crippen LogP contribution in [0.25, 0.3) is 16.7 Å². The van der Waals surface area contributed by atoms with Gasteiger partial charge in [-0.05, 0) is 30.3 Å². The fraction of sp³-hybridized carbons (Fsp3) is 0.273. The summed E-state index contributed by atoms with van der Waals surface area (Å²) in [5.74, 6) is 0.556. The Morgan fingerprint density at radius 3 is 2.70 bits per heavy atom. The average molecular weight is 404 g/mol. The smallest absolute Gasteiger partial charge is 0.272 e. The van der Waals surface area contributed by atoms with Gasteiger partial charge in [-0.1, -0.05) is 12.1 Å². The van der Waals surface area contributed by atoms with Crippen molar-refractivity contribution in [1.29, 1.82) is 0 Å². The minimum absolute atomic E-state index is 0.126. The predicted molar refractivity (Wildman–Crippen MR) is 118 cm³/mol. The van der Waals surface area contributed by atoms with E-state index in [0.717, 1.165) is 44.1 Å². The van der Waals surface area contributed by atoms with E-state index < -0.39 is 0 Å². The Bertz CT molecular complexity index is 1240. The number of piperazine rings is 1. The van der Waals surface area contributed by atoms with Gasteiger partial charge in [-0.25, -0.2) is 0 Å². The van der Waals surface area contributed by atoms with Gasteiger partial charge in [0.15, 0.2) is 5.65 Å². The molecule has 4 aromatic rings. The van der Waals surface area contributed by atoms with Crippen LogP contribution >= 0.6 is 0 Å². The third-order valence-electron chi connectivity index (χ3n) is 5.61. The lowest BCUT2D eigenvalue weighted by Gasteiger charge is -2.36. The number of rotatable bonds is 5. The lowest BCUT2D eigenvalue weighted by molar-refractivity contribution is 0.197. The number of ether oxygens (including phenoxy) is 1. The van der Waals surface area contributed by atoms with Gasteiger partial charge in [0.1, 0.15) is 12.1 Å². The molecule has 0 unspecified atom stereocenters. The zero-order valence-electron chi connectivity index (χ0n) is 16.6. The highest BCUT2D eigenvalue weighted by Crippen LogP contribution is 2.23. The standard InChI is InChI=1S/C22H24N6O2/c23-16-4-1-2-5-18(16)27-12-10-26(11-13-27)14-15-30-20-8-7-17-21(25-20)28-9-3-6-19(28)22(29)24-17/h1-9H,10-15,23H2,(H,24,29). The van der Waals surface area contributed by atoms with Crippen LogP contribution < -0.4 is 20.9 Å². The van der Waals surface area contributed by atoms with Gasteiger partial charge in [0.25, 0.3) is 5.56 Å². The Hall–Kier alpha value is -3.52. The van der Waals surface area contributed by atoms with Crippen molar-refractivity contribution in [1.82, 2.24) is 19.3 Å². The number of pyridine rings is 1. The van der Waals surface area contributed by atoms with E-state index >= 15 is 0 Å². The number of aromatic nitrogens is 3. The number of aromatic amines is 1. The monoisotopic (exact) mass is 404 g/mol. The van der Waals surface area contributed by atoms with Gasteiger partial charge < -0.3 is 20.4 Å². The number of benzene rings is 1. The van der Waals surface area contributed by atoms with Crippen LogP contribution in [0.4, 0.5) is 11.4 Å². The number of hydrogen-bond donors (Lipinski definition) is 2. The lowest BCUT2D eigenvalue weighted by Crippen LogP contribution is -2.47. The van der Waals surface area contributed by atoms with Gasteiger partial charge >= 0.3 is 0 Å². The lowest BCUT2D eigenvalue weighted by atomic mass is 10.2. The number of anilines is 2. The number of H-pyrrole nitrogens is 1. The third kappa shape index (κ3) is 3.46. The molecule has 0 amide bonds. The number of nitrogens with one attached hydrogen (secondary N) is 1. The van der Waals surface area contributed by atoms with E-state index in [1.807, 2.05) is 36.5 Å². The highest BCUT2D eigenvalue weighted by molar-refractivity contribution is 5.74. The van der Waals surface area contributed by atoms with E-state index in [1.165, 1.54) is 0 Å². The molecule has 1 saturated heterocycles. The molecular formula is C22H24N6O2. The number of nitrogens with zero attached hydrogens (tertiary/aromatic N) is 4. The molecule has 8 heteroatoms. The van der Waals surface area contributed by atoms with Gasteiger partial charge in [-0.15, -0.1) is 0 Å². The van der Waals surface area contributed by atoms with Crippen molar-refractivity contribution in [2.75, 3.05) is 50.0 Å². The topological polar surface area (TPSA) is 91.9 Å². The minimum Gasteiger partial charge on any atom is -0.476 e. The molecule has 1 aliphatic rings. The fourth-order valence-electron chi connectivity index (χ4n) is 4.00. The molecule has 0 aliphatic carbocycles. The maximum absolute atomic E-state index is 12.1. The molecule has 0 bridgehead atoms. The Morgan fingerprint density at radius 1 is 1.03 bits per heavy atom. The van der Waals surface area contributed by atoms with Crippen LogP contribution in [0.5, 0.6) is 5.88 Å². The molecule has 0 atom stereocenters. The zero-order valence-corrected chi connectivity index (χ0v) is 16.6. The summed E-state index contributed by atoms with van der Waals surface area (Å²) in [6.45, 7) is 5.22. The van der Waals surface area contributed by atoms with Crippen molar-refractivity contribution in [2.45, 2.75) is 0 Å². The second-order valence-electron chi connectivity index (χ2n) is 7.47. The molecule has 3 N–H and O–H groups in total. The van der Waals surface area contributed by atoms with E-state index in [2.05, 4.69) is 25.8 Å². The third-order valence-corrected chi connectivity index (χ3v) is 5.61. The summed E-state index contributed by atoms with van der Waals surface area (Å²) >= 11 is 0. The highest BCUT2D eigenvalue weighted by atomic mass is 16.5. The van der Waals surface area contributed by atoms with Crippen molar-refractivity contribution in [3.8, 4) is 5.88 Å². The SMILES string of the molecule is Nc1ccccc1N1CCN(CCOc2ccc3[nH]c(=O)c4cccn4c3n2)CC1. The van der Waals surface area contributed by atoms with Crippen molar-refractivity contribution in [3.05, 3.63) is 65.1 Å². The molecule has 1 aliphatic heterocycles. The first-order valence-corrected chi connectivity index (χ1v) is 10.1. The number of nitrogens with two attached hydrogens (primary N) is 1. The second-order valence-corrected chi connectivity index (χ2v) is 7.47. The maximum atomic E-state index is 12.1. The Kier molecular flexibility index (Phi) is 4.76. The van der Waals surface area contributed by atoms with Gasteiger partial charge in [0, 0.05) is 45.0 Å². The largest absolute Gasteiger partial charge is 0.476 e. The Morgan fingerprint density at radius 2 is 1.87 bits per heavy atom. The van der Waals surface area contributed by atoms with Crippen molar-refractivity contribution in [3.63, 3.8) is 0 Å². The normalized spacial score (nSPS) is 15.1. The van der Waals surface area contributed by atoms with Crippen molar-refractivity contribution < 1.29 is 4.74 Å². The van der Waals surface area contributed by atoms with E-state index in [1.54, 1.807) is 16.5 Å². The number of nitrogen functional groups attached to an aromatic ring is 1. The molecule has 3 aromatic heterocycles. The van der Waals surface area contributed by atoms with E-state index in [0.29, 0.717) is 29.2 Å². The van der Waals surface area contributed by atoms with Crippen LogP contribution in [0.2, 0.25) is 0 Å². The summed E-state index contributed by atoms with van der Waals surface area (Å²) in [5.41, 5.74) is 9.86. The molecule has 0 saturated carbocycles. The summed E-state index contributed by atoms with van der Waals surface area (Å²) in [6.07, 6.45) is 1.84. The van der Waals surface area contributed by atoms with E-state index in [-0.39, 0.29) is 5.56 Å². The maximum Gasteiger partial charge on any atom is 0.272 e. The number of hydrogen-bond acceptors (Lipinski definition) is 6. The van der Waals surface area contributed by atoms with Gasteiger partial charge in [0.05, 0.1) is 16.9 Å². The van der Waals surface area contributed by atoms with Gasteiger partial charge in [-0.2, -0.15) is 4.98 Å². The first-order valence-electron chi connectivity index (χ1n) is 10.1. The summed E-state index contributed by atoms with van der Waals surface area (Å²) in [6, 6.07) is 15.3. The molecule has 8 nitrogen and oxygen atoms in total. The number of para-hydroxylation sites is 2. The minimum atomic E-state index is -0.126.